The maximum atomic E-state index is 14.4. The number of carbonyl (C=O) groups is 1. The third-order valence-electron chi connectivity index (χ3n) is 6.40. The predicted molar refractivity (Wildman–Crippen MR) is 160 cm³/mol. The number of allylic oxidation sites excluding steroid dienone is 2. The molecule has 0 unspecified atom stereocenters. The molecule has 8 nitrogen and oxygen atoms in total. The van der Waals surface area contributed by atoms with Gasteiger partial charge in [-0.2, -0.15) is 0 Å². The molecule has 0 saturated carbocycles. The fraction of sp³-hybridized carbons (Fsp3) is 0.394. The minimum atomic E-state index is -0.567. The summed E-state index contributed by atoms with van der Waals surface area (Å²) in [6.07, 6.45) is 8.98. The summed E-state index contributed by atoms with van der Waals surface area (Å²) in [5.41, 5.74) is 2.22. The van der Waals surface area contributed by atoms with Crippen LogP contribution in [0.5, 0.6) is 23.0 Å². The summed E-state index contributed by atoms with van der Waals surface area (Å²) in [5.74, 6) is 1.34. The van der Waals surface area contributed by atoms with E-state index in [4.69, 9.17) is 28.1 Å². The van der Waals surface area contributed by atoms with Crippen LogP contribution in [0.3, 0.4) is 0 Å². The molecular weight excluding hydrogens is 524 g/mol. The molecule has 0 amide bonds. The zero-order valence-electron chi connectivity index (χ0n) is 25.0. The van der Waals surface area contributed by atoms with Gasteiger partial charge in [0.15, 0.2) is 11.5 Å². The molecule has 2 heterocycles. The first-order chi connectivity index (χ1) is 19.5. The standard InChI is InChI=1S/C33H38O8/c1-9-37-27(34)11-10-16-38-32-21-14-15-33(6,7)41-23(21)17-25-29(32)30(35)28-22(13-12-19(2)3)31(36-8)26(39-20(4)5)18-24(28)40-25/h10-12,14-15,17-18,20H,9,13,16H2,1-8H3/b11-10+. The Hall–Kier alpha value is -4.20. The summed E-state index contributed by atoms with van der Waals surface area (Å²) in [5, 5.41) is 0.655. The SMILES string of the molecule is CCOC(=O)/C=C/COc1c2c(cc3oc4cc(OC(C)C)c(OC)c(CC=C(C)C)c4c(=O)c13)OC(C)(C)C=C2. The molecule has 1 aliphatic heterocycles. The van der Waals surface area contributed by atoms with Crippen molar-refractivity contribution in [1.29, 1.82) is 0 Å². The summed E-state index contributed by atoms with van der Waals surface area (Å²) in [6.45, 7) is 13.8. The minimum Gasteiger partial charge on any atom is -0.493 e. The summed E-state index contributed by atoms with van der Waals surface area (Å²) in [6, 6.07) is 3.43. The van der Waals surface area contributed by atoms with Crippen LogP contribution in [0.4, 0.5) is 0 Å². The number of hydrogen-bond donors (Lipinski definition) is 0. The molecule has 0 saturated heterocycles. The molecule has 218 valence electrons. The fourth-order valence-corrected chi connectivity index (χ4v) is 4.69. The number of fused-ring (bicyclic) bond motifs is 3. The monoisotopic (exact) mass is 562 g/mol. The number of benzene rings is 2. The molecule has 0 spiro atoms. The molecule has 3 aromatic rings. The molecule has 0 aliphatic carbocycles. The second kappa shape index (κ2) is 12.1. The Morgan fingerprint density at radius 2 is 1.83 bits per heavy atom. The highest BCUT2D eigenvalue weighted by Crippen LogP contribution is 2.44. The Balaban J connectivity index is 2.02. The zero-order chi connectivity index (χ0) is 29.9. The topological polar surface area (TPSA) is 93.4 Å². The number of carbonyl (C=O) groups excluding carboxylic acids is 1. The van der Waals surface area contributed by atoms with E-state index < -0.39 is 11.6 Å². The Morgan fingerprint density at radius 3 is 2.49 bits per heavy atom. The van der Waals surface area contributed by atoms with Crippen molar-refractivity contribution in [3.05, 3.63) is 63.4 Å². The molecule has 0 atom stereocenters. The lowest BCUT2D eigenvalue weighted by Crippen LogP contribution is -2.27. The zero-order valence-corrected chi connectivity index (χ0v) is 25.0. The highest BCUT2D eigenvalue weighted by molar-refractivity contribution is 5.99. The first-order valence-corrected chi connectivity index (χ1v) is 13.8. The van der Waals surface area contributed by atoms with Gasteiger partial charge in [0.2, 0.25) is 5.43 Å². The minimum absolute atomic E-state index is 0.0220. The maximum Gasteiger partial charge on any atom is 0.330 e. The highest BCUT2D eigenvalue weighted by atomic mass is 16.5. The van der Waals surface area contributed by atoms with Crippen molar-refractivity contribution in [2.45, 2.75) is 66.6 Å². The van der Waals surface area contributed by atoms with Gasteiger partial charge in [0.1, 0.15) is 40.3 Å². The average Bonchev–Trinajstić information content (AvgIpc) is 2.88. The lowest BCUT2D eigenvalue weighted by Gasteiger charge is -2.29. The van der Waals surface area contributed by atoms with Crippen LogP contribution in [0.25, 0.3) is 28.0 Å². The van der Waals surface area contributed by atoms with Gasteiger partial charge in [-0.25, -0.2) is 4.79 Å². The van der Waals surface area contributed by atoms with Crippen LogP contribution >= 0.6 is 0 Å². The molecule has 1 aliphatic rings. The van der Waals surface area contributed by atoms with Crippen LogP contribution < -0.4 is 24.4 Å². The van der Waals surface area contributed by atoms with Crippen molar-refractivity contribution < 1.29 is 32.9 Å². The number of ether oxygens (including phenoxy) is 5. The van der Waals surface area contributed by atoms with E-state index >= 15 is 0 Å². The fourth-order valence-electron chi connectivity index (χ4n) is 4.69. The molecule has 0 radical (unpaired) electrons. The van der Waals surface area contributed by atoms with E-state index in [-0.39, 0.29) is 30.1 Å². The van der Waals surface area contributed by atoms with Gasteiger partial charge in [0, 0.05) is 23.8 Å². The van der Waals surface area contributed by atoms with Crippen LogP contribution in [0.15, 0.2) is 51.2 Å². The van der Waals surface area contributed by atoms with E-state index in [9.17, 15) is 9.59 Å². The van der Waals surface area contributed by atoms with Crippen LogP contribution in [-0.2, 0) is 16.0 Å². The van der Waals surface area contributed by atoms with Gasteiger partial charge in [0.05, 0.1) is 30.8 Å². The molecular formula is C33H38O8. The van der Waals surface area contributed by atoms with E-state index in [0.717, 1.165) is 5.57 Å². The van der Waals surface area contributed by atoms with Crippen molar-refractivity contribution in [2.24, 2.45) is 0 Å². The van der Waals surface area contributed by atoms with Gasteiger partial charge >= 0.3 is 5.97 Å². The first kappa shape index (κ1) is 29.8. The van der Waals surface area contributed by atoms with E-state index in [1.807, 2.05) is 59.8 Å². The summed E-state index contributed by atoms with van der Waals surface area (Å²) < 4.78 is 35.6. The molecule has 2 aromatic carbocycles. The van der Waals surface area contributed by atoms with E-state index in [1.165, 1.54) is 6.08 Å². The van der Waals surface area contributed by atoms with Crippen molar-refractivity contribution in [3.63, 3.8) is 0 Å². The van der Waals surface area contributed by atoms with E-state index in [1.54, 1.807) is 32.2 Å². The third-order valence-corrected chi connectivity index (χ3v) is 6.40. The third kappa shape index (κ3) is 6.42. The Kier molecular flexibility index (Phi) is 8.80. The van der Waals surface area contributed by atoms with Crippen molar-refractivity contribution in [2.75, 3.05) is 20.3 Å². The molecule has 0 N–H and O–H groups in total. The second-order valence-electron chi connectivity index (χ2n) is 10.8. The highest BCUT2D eigenvalue weighted by Gasteiger charge is 2.29. The quantitative estimate of drug-likeness (QED) is 0.114. The predicted octanol–water partition coefficient (Wildman–Crippen LogP) is 6.93. The Labute approximate surface area is 240 Å². The molecule has 1 aromatic heterocycles. The van der Waals surface area contributed by atoms with Gasteiger partial charge in [-0.05, 0) is 73.1 Å². The van der Waals surface area contributed by atoms with Crippen LogP contribution in [0.2, 0.25) is 0 Å². The van der Waals surface area contributed by atoms with Gasteiger partial charge in [-0.15, -0.1) is 0 Å². The largest absolute Gasteiger partial charge is 0.493 e. The van der Waals surface area contributed by atoms with Crippen LogP contribution in [0, 0.1) is 0 Å². The van der Waals surface area contributed by atoms with Gasteiger partial charge in [-0.1, -0.05) is 11.6 Å². The number of methoxy groups -OCH3 is 1. The van der Waals surface area contributed by atoms with Gasteiger partial charge in [-0.3, -0.25) is 4.79 Å². The number of hydrogen-bond acceptors (Lipinski definition) is 8. The molecule has 4 rings (SSSR count). The summed E-state index contributed by atoms with van der Waals surface area (Å²) in [7, 11) is 1.56. The normalized spacial score (nSPS) is 13.8. The average molecular weight is 563 g/mol. The molecule has 0 bridgehead atoms. The Bertz CT molecular complexity index is 1610. The molecule has 8 heteroatoms. The first-order valence-electron chi connectivity index (χ1n) is 13.8. The smallest absolute Gasteiger partial charge is 0.330 e. The van der Waals surface area contributed by atoms with Crippen molar-refractivity contribution in [1.82, 2.24) is 0 Å². The van der Waals surface area contributed by atoms with Crippen molar-refractivity contribution >= 4 is 34.0 Å². The van der Waals surface area contributed by atoms with E-state index in [0.29, 0.717) is 57.1 Å². The van der Waals surface area contributed by atoms with Crippen molar-refractivity contribution in [3.8, 4) is 23.0 Å². The second-order valence-corrected chi connectivity index (χ2v) is 10.8. The lowest BCUT2D eigenvalue weighted by atomic mass is 9.97. The molecule has 41 heavy (non-hydrogen) atoms. The number of rotatable bonds is 10. The van der Waals surface area contributed by atoms with Crippen LogP contribution in [0.1, 0.15) is 59.6 Å². The van der Waals surface area contributed by atoms with Gasteiger partial charge in [0.25, 0.3) is 0 Å². The Morgan fingerprint density at radius 1 is 1.10 bits per heavy atom. The summed E-state index contributed by atoms with van der Waals surface area (Å²) in [4.78, 5) is 26.2. The summed E-state index contributed by atoms with van der Waals surface area (Å²) >= 11 is 0. The maximum absolute atomic E-state index is 14.4. The van der Waals surface area contributed by atoms with E-state index in [2.05, 4.69) is 0 Å². The van der Waals surface area contributed by atoms with Crippen LogP contribution in [-0.4, -0.2) is 38.0 Å². The number of esters is 1. The molecule has 0 fully saturated rings. The van der Waals surface area contributed by atoms with Gasteiger partial charge < -0.3 is 28.1 Å². The lowest BCUT2D eigenvalue weighted by molar-refractivity contribution is -0.137.